The minimum atomic E-state index is 0.424. The Morgan fingerprint density at radius 3 is 2.35 bits per heavy atom. The number of rotatable bonds is 6. The molecule has 0 heterocycles. The summed E-state index contributed by atoms with van der Waals surface area (Å²) in [6.07, 6.45) is 4.96. The topological polar surface area (TPSA) is 41.3 Å². The zero-order chi connectivity index (χ0) is 12.8. The molecule has 0 aliphatic heterocycles. The lowest BCUT2D eigenvalue weighted by atomic mass is 9.92. The van der Waals surface area contributed by atoms with Crippen LogP contribution in [0.2, 0.25) is 0 Å². The van der Waals surface area contributed by atoms with Crippen LogP contribution in [-0.2, 0) is 0 Å². The molecule has 2 unspecified atom stereocenters. The number of nitrogens with two attached hydrogens (primary N) is 1. The maximum Gasteiger partial charge on any atom is 0.0112 e. The lowest BCUT2D eigenvalue weighted by Crippen LogP contribution is -2.45. The lowest BCUT2D eigenvalue weighted by molar-refractivity contribution is 0.171. The molecule has 0 aromatic rings. The predicted molar refractivity (Wildman–Crippen MR) is 75.2 cm³/mol. The van der Waals surface area contributed by atoms with Gasteiger partial charge in [-0.05, 0) is 47.0 Å². The van der Waals surface area contributed by atoms with Crippen LogP contribution >= 0.6 is 0 Å². The third-order valence-electron chi connectivity index (χ3n) is 3.84. The van der Waals surface area contributed by atoms with Crippen molar-refractivity contribution in [3.63, 3.8) is 0 Å². The molecule has 102 valence electrons. The third-order valence-corrected chi connectivity index (χ3v) is 3.84. The molecule has 17 heavy (non-hydrogen) atoms. The Hall–Kier alpha value is -0.120. The Bertz CT molecular complexity index is 196. The van der Waals surface area contributed by atoms with E-state index in [1.54, 1.807) is 0 Å². The number of nitrogens with zero attached hydrogens (tertiary/aromatic N) is 1. The average Bonchev–Trinajstić information content (AvgIpc) is 2.23. The van der Waals surface area contributed by atoms with Crippen molar-refractivity contribution in [1.82, 2.24) is 10.2 Å². The quantitative estimate of drug-likeness (QED) is 0.747. The highest BCUT2D eigenvalue weighted by Gasteiger charge is 2.19. The fraction of sp³-hybridized carbons (Fsp3) is 1.00. The smallest absolute Gasteiger partial charge is 0.0112 e. The molecule has 1 aliphatic rings. The van der Waals surface area contributed by atoms with Crippen LogP contribution in [0, 0.1) is 0 Å². The maximum atomic E-state index is 6.00. The van der Waals surface area contributed by atoms with E-state index >= 15 is 0 Å². The first kappa shape index (κ1) is 14.9. The summed E-state index contributed by atoms with van der Waals surface area (Å²) in [4.78, 5) is 2.54. The summed E-state index contributed by atoms with van der Waals surface area (Å²) in [5, 5.41) is 3.67. The molecule has 2 atom stereocenters. The van der Waals surface area contributed by atoms with Crippen LogP contribution in [0.15, 0.2) is 0 Å². The van der Waals surface area contributed by atoms with Crippen LogP contribution in [0.3, 0.4) is 0 Å². The van der Waals surface area contributed by atoms with E-state index in [2.05, 4.69) is 37.9 Å². The molecule has 0 radical (unpaired) electrons. The first-order valence-corrected chi connectivity index (χ1v) is 7.25. The van der Waals surface area contributed by atoms with Crippen LogP contribution < -0.4 is 11.1 Å². The van der Waals surface area contributed by atoms with Gasteiger partial charge in [0, 0.05) is 37.3 Å². The fourth-order valence-electron chi connectivity index (χ4n) is 2.92. The second-order valence-electron chi connectivity index (χ2n) is 6.00. The SMILES string of the molecule is CC(C)N(CCNC1CCCC(N)C1)C(C)C. The van der Waals surface area contributed by atoms with E-state index < -0.39 is 0 Å². The first-order valence-electron chi connectivity index (χ1n) is 7.25. The Morgan fingerprint density at radius 1 is 1.18 bits per heavy atom. The third kappa shape index (κ3) is 5.36. The predicted octanol–water partition coefficient (Wildman–Crippen LogP) is 1.96. The number of hydrogen-bond donors (Lipinski definition) is 2. The normalized spacial score (nSPS) is 26.1. The van der Waals surface area contributed by atoms with E-state index in [-0.39, 0.29) is 0 Å². The van der Waals surface area contributed by atoms with E-state index in [9.17, 15) is 0 Å². The van der Waals surface area contributed by atoms with E-state index in [0.29, 0.717) is 24.2 Å². The molecule has 0 aromatic heterocycles. The van der Waals surface area contributed by atoms with Gasteiger partial charge in [0.2, 0.25) is 0 Å². The molecule has 3 nitrogen and oxygen atoms in total. The van der Waals surface area contributed by atoms with Crippen molar-refractivity contribution in [2.75, 3.05) is 13.1 Å². The van der Waals surface area contributed by atoms with Gasteiger partial charge in [0.15, 0.2) is 0 Å². The van der Waals surface area contributed by atoms with Gasteiger partial charge in [-0.15, -0.1) is 0 Å². The molecular weight excluding hydrogens is 210 g/mol. The van der Waals surface area contributed by atoms with Gasteiger partial charge in [0.25, 0.3) is 0 Å². The fourth-order valence-corrected chi connectivity index (χ4v) is 2.92. The monoisotopic (exact) mass is 241 g/mol. The van der Waals surface area contributed by atoms with Gasteiger partial charge in [-0.3, -0.25) is 4.90 Å². The Kier molecular flexibility index (Phi) is 6.45. The largest absolute Gasteiger partial charge is 0.328 e. The molecule has 0 aromatic carbocycles. The lowest BCUT2D eigenvalue weighted by Gasteiger charge is -2.32. The van der Waals surface area contributed by atoms with Crippen LogP contribution in [-0.4, -0.2) is 42.2 Å². The van der Waals surface area contributed by atoms with Crippen molar-refractivity contribution < 1.29 is 0 Å². The molecule has 3 N–H and O–H groups in total. The van der Waals surface area contributed by atoms with Crippen molar-refractivity contribution in [3.05, 3.63) is 0 Å². The minimum absolute atomic E-state index is 0.424. The number of hydrogen-bond acceptors (Lipinski definition) is 3. The molecular formula is C14H31N3. The van der Waals surface area contributed by atoms with Crippen LogP contribution in [0.5, 0.6) is 0 Å². The van der Waals surface area contributed by atoms with E-state index in [1.165, 1.54) is 19.3 Å². The zero-order valence-electron chi connectivity index (χ0n) is 12.1. The highest BCUT2D eigenvalue weighted by atomic mass is 15.2. The summed E-state index contributed by atoms with van der Waals surface area (Å²) in [5.41, 5.74) is 6.00. The van der Waals surface area contributed by atoms with Crippen LogP contribution in [0.1, 0.15) is 53.4 Å². The van der Waals surface area contributed by atoms with Gasteiger partial charge in [0.1, 0.15) is 0 Å². The van der Waals surface area contributed by atoms with Gasteiger partial charge in [-0.25, -0.2) is 0 Å². The molecule has 0 spiro atoms. The Morgan fingerprint density at radius 2 is 1.82 bits per heavy atom. The average molecular weight is 241 g/mol. The molecule has 1 fully saturated rings. The van der Waals surface area contributed by atoms with Gasteiger partial charge in [-0.1, -0.05) is 6.42 Å². The standard InChI is InChI=1S/C14H31N3/c1-11(2)17(12(3)4)9-8-16-14-7-5-6-13(15)10-14/h11-14,16H,5-10,15H2,1-4H3. The molecule has 1 saturated carbocycles. The van der Waals surface area contributed by atoms with E-state index in [4.69, 9.17) is 5.73 Å². The van der Waals surface area contributed by atoms with Crippen LogP contribution in [0.25, 0.3) is 0 Å². The first-order chi connectivity index (χ1) is 8.00. The summed E-state index contributed by atoms with van der Waals surface area (Å²) in [6, 6.07) is 2.34. The summed E-state index contributed by atoms with van der Waals surface area (Å²) >= 11 is 0. The minimum Gasteiger partial charge on any atom is -0.328 e. The van der Waals surface area contributed by atoms with Crippen molar-refractivity contribution in [1.29, 1.82) is 0 Å². The van der Waals surface area contributed by atoms with Gasteiger partial charge in [0.05, 0.1) is 0 Å². The number of nitrogens with one attached hydrogen (secondary N) is 1. The second kappa shape index (κ2) is 7.34. The van der Waals surface area contributed by atoms with Gasteiger partial charge < -0.3 is 11.1 Å². The van der Waals surface area contributed by atoms with Gasteiger partial charge >= 0.3 is 0 Å². The summed E-state index contributed by atoms with van der Waals surface area (Å²) < 4.78 is 0. The molecule has 1 aliphatic carbocycles. The second-order valence-corrected chi connectivity index (χ2v) is 6.00. The molecule has 0 amide bonds. The summed E-state index contributed by atoms with van der Waals surface area (Å²) in [6.45, 7) is 11.3. The van der Waals surface area contributed by atoms with Crippen molar-refractivity contribution in [2.24, 2.45) is 5.73 Å². The molecule has 0 bridgehead atoms. The highest BCUT2D eigenvalue weighted by Crippen LogP contribution is 2.16. The van der Waals surface area contributed by atoms with E-state index in [0.717, 1.165) is 19.5 Å². The Labute approximate surface area is 107 Å². The van der Waals surface area contributed by atoms with E-state index in [1.807, 2.05) is 0 Å². The molecule has 0 saturated heterocycles. The van der Waals surface area contributed by atoms with Crippen molar-refractivity contribution in [3.8, 4) is 0 Å². The molecule has 1 rings (SSSR count). The van der Waals surface area contributed by atoms with Crippen molar-refractivity contribution >= 4 is 0 Å². The highest BCUT2D eigenvalue weighted by molar-refractivity contribution is 4.80. The zero-order valence-corrected chi connectivity index (χ0v) is 12.1. The van der Waals surface area contributed by atoms with Crippen molar-refractivity contribution in [2.45, 2.75) is 77.5 Å². The van der Waals surface area contributed by atoms with Gasteiger partial charge in [-0.2, -0.15) is 0 Å². The summed E-state index contributed by atoms with van der Waals surface area (Å²) in [7, 11) is 0. The maximum absolute atomic E-state index is 6.00. The van der Waals surface area contributed by atoms with Crippen LogP contribution in [0.4, 0.5) is 0 Å². The Balaban J connectivity index is 2.21. The molecule has 3 heteroatoms. The summed E-state index contributed by atoms with van der Waals surface area (Å²) in [5.74, 6) is 0.